The van der Waals surface area contributed by atoms with Crippen LogP contribution >= 0.6 is 15.9 Å². The average Bonchev–Trinajstić information content (AvgIpc) is 3.11. The van der Waals surface area contributed by atoms with Crippen LogP contribution in [0.3, 0.4) is 0 Å². The molecule has 1 amide bonds. The molecule has 1 N–H and O–H groups in total. The summed E-state index contributed by atoms with van der Waals surface area (Å²) in [4.78, 5) is 16.2. The number of nitrogens with one attached hydrogen (secondary N) is 1. The van der Waals surface area contributed by atoms with Crippen molar-refractivity contribution in [1.82, 2.24) is 14.9 Å². The molecule has 1 aromatic heterocycles. The first-order chi connectivity index (χ1) is 12.1. The molecular formula is C19H17BrFN3O. The molecule has 0 bridgehead atoms. The molecule has 0 unspecified atom stereocenters. The van der Waals surface area contributed by atoms with Gasteiger partial charge in [0.1, 0.15) is 5.82 Å². The molecule has 6 heteroatoms. The van der Waals surface area contributed by atoms with Crippen LogP contribution in [-0.4, -0.2) is 22.0 Å². The number of carbonyl (C=O) groups excluding carboxylic acids is 1. The second-order valence-electron chi connectivity index (χ2n) is 5.69. The van der Waals surface area contributed by atoms with E-state index in [4.69, 9.17) is 0 Å². The average molecular weight is 402 g/mol. The number of imidazole rings is 1. The standard InChI is InChI=1S/C19H17BrFN3O/c20-17-11-14(3-6-18(17)21)7-8-23-19(25)16-4-1-15(2-5-16)12-24-10-9-22-13-24/h1-6,9-11,13H,7-8,12H2,(H,23,25). The summed E-state index contributed by atoms with van der Waals surface area (Å²) < 4.78 is 15.6. The SMILES string of the molecule is O=C(NCCc1ccc(F)c(Br)c1)c1ccc(Cn2ccnc2)cc1. The van der Waals surface area contributed by atoms with Gasteiger partial charge in [-0.3, -0.25) is 4.79 Å². The summed E-state index contributed by atoms with van der Waals surface area (Å²) in [5.41, 5.74) is 2.68. The lowest BCUT2D eigenvalue weighted by molar-refractivity contribution is 0.0954. The van der Waals surface area contributed by atoms with Gasteiger partial charge in [0.25, 0.3) is 5.91 Å². The molecule has 1 heterocycles. The molecule has 0 aliphatic heterocycles. The molecule has 0 saturated carbocycles. The van der Waals surface area contributed by atoms with E-state index in [2.05, 4.69) is 26.2 Å². The fourth-order valence-electron chi connectivity index (χ4n) is 2.47. The second kappa shape index (κ2) is 8.07. The highest BCUT2D eigenvalue weighted by Crippen LogP contribution is 2.17. The van der Waals surface area contributed by atoms with Gasteiger partial charge in [0.05, 0.1) is 10.8 Å². The van der Waals surface area contributed by atoms with Gasteiger partial charge in [-0.05, 0) is 57.7 Å². The zero-order valence-electron chi connectivity index (χ0n) is 13.5. The van der Waals surface area contributed by atoms with Gasteiger partial charge in [-0.25, -0.2) is 9.37 Å². The number of benzene rings is 2. The third kappa shape index (κ3) is 4.76. The summed E-state index contributed by atoms with van der Waals surface area (Å²) in [6, 6.07) is 12.4. The van der Waals surface area contributed by atoms with Crippen LogP contribution in [0.25, 0.3) is 0 Å². The minimum absolute atomic E-state index is 0.115. The zero-order valence-corrected chi connectivity index (χ0v) is 15.0. The Bertz CT molecular complexity index is 848. The van der Waals surface area contributed by atoms with Crippen molar-refractivity contribution in [3.05, 3.63) is 88.2 Å². The van der Waals surface area contributed by atoms with Crippen LogP contribution in [0.4, 0.5) is 4.39 Å². The Morgan fingerprint density at radius 2 is 1.92 bits per heavy atom. The maximum atomic E-state index is 13.2. The molecule has 0 fully saturated rings. The Hall–Kier alpha value is -2.47. The van der Waals surface area contributed by atoms with E-state index in [1.54, 1.807) is 24.7 Å². The number of halogens is 2. The quantitative estimate of drug-likeness (QED) is 0.682. The highest BCUT2D eigenvalue weighted by atomic mass is 79.9. The second-order valence-corrected chi connectivity index (χ2v) is 6.54. The van der Waals surface area contributed by atoms with Crippen molar-refractivity contribution in [3.63, 3.8) is 0 Å². The lowest BCUT2D eigenvalue weighted by atomic mass is 10.1. The van der Waals surface area contributed by atoms with Gasteiger partial charge in [-0.1, -0.05) is 18.2 Å². The Balaban J connectivity index is 1.51. The smallest absolute Gasteiger partial charge is 0.251 e. The van der Waals surface area contributed by atoms with Crippen molar-refractivity contribution in [2.75, 3.05) is 6.54 Å². The van der Waals surface area contributed by atoms with E-state index >= 15 is 0 Å². The third-order valence-corrected chi connectivity index (χ3v) is 4.43. The fourth-order valence-corrected chi connectivity index (χ4v) is 2.90. The number of carbonyl (C=O) groups is 1. The van der Waals surface area contributed by atoms with Gasteiger partial charge < -0.3 is 9.88 Å². The van der Waals surface area contributed by atoms with Gasteiger partial charge in [0.2, 0.25) is 0 Å². The Morgan fingerprint density at radius 3 is 2.60 bits per heavy atom. The predicted octanol–water partition coefficient (Wildman–Crippen LogP) is 3.81. The van der Waals surface area contributed by atoms with E-state index in [0.717, 1.165) is 17.7 Å². The minimum Gasteiger partial charge on any atom is -0.352 e. The Kier molecular flexibility index (Phi) is 5.60. The summed E-state index contributed by atoms with van der Waals surface area (Å²) in [6.07, 6.45) is 6.04. The molecule has 0 aliphatic carbocycles. The molecule has 0 atom stereocenters. The highest BCUT2D eigenvalue weighted by Gasteiger charge is 2.06. The maximum Gasteiger partial charge on any atom is 0.251 e. The molecule has 3 rings (SSSR count). The van der Waals surface area contributed by atoms with E-state index in [1.807, 2.05) is 35.0 Å². The van der Waals surface area contributed by atoms with Crippen molar-refractivity contribution in [2.45, 2.75) is 13.0 Å². The lowest BCUT2D eigenvalue weighted by Gasteiger charge is -2.07. The number of nitrogens with zero attached hydrogens (tertiary/aromatic N) is 2. The zero-order chi connectivity index (χ0) is 17.6. The minimum atomic E-state index is -0.288. The maximum absolute atomic E-state index is 13.2. The van der Waals surface area contributed by atoms with Crippen molar-refractivity contribution in [1.29, 1.82) is 0 Å². The van der Waals surface area contributed by atoms with Crippen LogP contribution in [-0.2, 0) is 13.0 Å². The molecule has 25 heavy (non-hydrogen) atoms. The number of amides is 1. The number of aromatic nitrogens is 2. The highest BCUT2D eigenvalue weighted by molar-refractivity contribution is 9.10. The van der Waals surface area contributed by atoms with Crippen molar-refractivity contribution in [2.24, 2.45) is 0 Å². The lowest BCUT2D eigenvalue weighted by Crippen LogP contribution is -2.25. The first-order valence-corrected chi connectivity index (χ1v) is 8.68. The topological polar surface area (TPSA) is 46.9 Å². The molecule has 0 saturated heterocycles. The van der Waals surface area contributed by atoms with Gasteiger partial charge >= 0.3 is 0 Å². The van der Waals surface area contributed by atoms with Crippen LogP contribution < -0.4 is 5.32 Å². The summed E-state index contributed by atoms with van der Waals surface area (Å²) >= 11 is 3.16. The molecule has 0 spiro atoms. The monoisotopic (exact) mass is 401 g/mol. The van der Waals surface area contributed by atoms with E-state index in [0.29, 0.717) is 23.0 Å². The van der Waals surface area contributed by atoms with Crippen LogP contribution in [0.5, 0.6) is 0 Å². The summed E-state index contributed by atoms with van der Waals surface area (Å²) in [6.45, 7) is 1.22. The first kappa shape index (κ1) is 17.4. The first-order valence-electron chi connectivity index (χ1n) is 7.88. The van der Waals surface area contributed by atoms with Crippen LogP contribution in [0.2, 0.25) is 0 Å². The normalized spacial score (nSPS) is 10.6. The van der Waals surface area contributed by atoms with Crippen LogP contribution in [0.1, 0.15) is 21.5 Å². The van der Waals surface area contributed by atoms with E-state index < -0.39 is 0 Å². The van der Waals surface area contributed by atoms with Gasteiger partial charge in [0, 0.05) is 31.0 Å². The number of hydrogen-bond donors (Lipinski definition) is 1. The van der Waals surface area contributed by atoms with Gasteiger partial charge in [-0.2, -0.15) is 0 Å². The van der Waals surface area contributed by atoms with Crippen LogP contribution in [0.15, 0.2) is 65.7 Å². The summed E-state index contributed by atoms with van der Waals surface area (Å²) in [5, 5.41) is 2.88. The molecule has 128 valence electrons. The molecular weight excluding hydrogens is 385 g/mol. The Labute approximate surface area is 153 Å². The summed E-state index contributed by atoms with van der Waals surface area (Å²) in [5.74, 6) is -0.404. The van der Waals surface area contributed by atoms with Gasteiger partial charge in [0.15, 0.2) is 0 Å². The van der Waals surface area contributed by atoms with Gasteiger partial charge in [-0.15, -0.1) is 0 Å². The third-order valence-electron chi connectivity index (χ3n) is 3.82. The van der Waals surface area contributed by atoms with E-state index in [-0.39, 0.29) is 11.7 Å². The fraction of sp³-hybridized carbons (Fsp3) is 0.158. The Morgan fingerprint density at radius 1 is 1.16 bits per heavy atom. The molecule has 0 radical (unpaired) electrons. The van der Waals surface area contributed by atoms with E-state index in [1.165, 1.54) is 6.07 Å². The molecule has 4 nitrogen and oxygen atoms in total. The molecule has 2 aromatic carbocycles. The van der Waals surface area contributed by atoms with Crippen molar-refractivity contribution >= 4 is 21.8 Å². The number of hydrogen-bond acceptors (Lipinski definition) is 2. The van der Waals surface area contributed by atoms with Crippen molar-refractivity contribution < 1.29 is 9.18 Å². The molecule has 3 aromatic rings. The number of rotatable bonds is 6. The molecule has 0 aliphatic rings. The largest absolute Gasteiger partial charge is 0.352 e. The van der Waals surface area contributed by atoms with Crippen LogP contribution in [0, 0.1) is 5.82 Å². The summed E-state index contributed by atoms with van der Waals surface area (Å²) in [7, 11) is 0. The van der Waals surface area contributed by atoms with E-state index in [9.17, 15) is 9.18 Å². The van der Waals surface area contributed by atoms with Crippen molar-refractivity contribution in [3.8, 4) is 0 Å². The predicted molar refractivity (Wildman–Crippen MR) is 97.9 cm³/mol.